The highest BCUT2D eigenvalue weighted by molar-refractivity contribution is 7.17. The van der Waals surface area contributed by atoms with Crippen molar-refractivity contribution >= 4 is 39.9 Å². The molecule has 1 aliphatic carbocycles. The van der Waals surface area contributed by atoms with Gasteiger partial charge in [0.2, 0.25) is 5.91 Å². The summed E-state index contributed by atoms with van der Waals surface area (Å²) in [6.45, 7) is 0. The maximum absolute atomic E-state index is 12.2. The molecule has 2 amide bonds. The van der Waals surface area contributed by atoms with E-state index in [4.69, 9.17) is 5.73 Å². The number of nitro groups is 1. The number of non-ortho nitro benzene ring substituents is 1. The van der Waals surface area contributed by atoms with Crippen LogP contribution in [0.15, 0.2) is 30.3 Å². The summed E-state index contributed by atoms with van der Waals surface area (Å²) in [5.41, 5.74) is 7.35. The molecule has 0 bridgehead atoms. The van der Waals surface area contributed by atoms with Gasteiger partial charge in [-0.25, -0.2) is 0 Å². The zero-order valence-corrected chi connectivity index (χ0v) is 14.7. The van der Waals surface area contributed by atoms with Gasteiger partial charge in [0.05, 0.1) is 10.5 Å². The number of thiophene rings is 1. The molecular formula is C18H17N3O4S. The highest BCUT2D eigenvalue weighted by Gasteiger charge is 2.24. The Balaban J connectivity index is 1.78. The van der Waals surface area contributed by atoms with Gasteiger partial charge in [0.25, 0.3) is 11.6 Å². The average Bonchev–Trinajstić information content (AvgIpc) is 2.98. The minimum absolute atomic E-state index is 0.0468. The van der Waals surface area contributed by atoms with Crippen molar-refractivity contribution in [2.75, 3.05) is 5.32 Å². The molecule has 0 saturated carbocycles. The van der Waals surface area contributed by atoms with Gasteiger partial charge in [-0.2, -0.15) is 0 Å². The third kappa shape index (κ3) is 3.80. The molecule has 0 aliphatic heterocycles. The predicted octanol–water partition coefficient (Wildman–Crippen LogP) is 3.29. The Morgan fingerprint density at radius 3 is 2.77 bits per heavy atom. The van der Waals surface area contributed by atoms with Crippen LogP contribution in [-0.2, 0) is 17.6 Å². The topological polar surface area (TPSA) is 115 Å². The van der Waals surface area contributed by atoms with Gasteiger partial charge < -0.3 is 11.1 Å². The third-order valence-electron chi connectivity index (χ3n) is 4.16. The molecule has 26 heavy (non-hydrogen) atoms. The summed E-state index contributed by atoms with van der Waals surface area (Å²) in [5, 5.41) is 14.0. The normalized spacial score (nSPS) is 13.4. The van der Waals surface area contributed by atoms with Crippen LogP contribution >= 0.6 is 11.3 Å². The summed E-state index contributed by atoms with van der Waals surface area (Å²) in [6.07, 6.45) is 6.52. The molecule has 3 rings (SSSR count). The molecule has 0 atom stereocenters. The SMILES string of the molecule is NC(=O)c1c(NC(=O)C=Cc2cccc([N+](=O)[O-])c2)sc2c1CCCC2. The maximum Gasteiger partial charge on any atom is 0.270 e. The summed E-state index contributed by atoms with van der Waals surface area (Å²) in [7, 11) is 0. The lowest BCUT2D eigenvalue weighted by Gasteiger charge is -2.11. The fraction of sp³-hybridized carbons (Fsp3) is 0.222. The second-order valence-electron chi connectivity index (χ2n) is 5.95. The summed E-state index contributed by atoms with van der Waals surface area (Å²) >= 11 is 1.39. The Bertz CT molecular complexity index is 917. The van der Waals surface area contributed by atoms with Crippen LogP contribution in [0.1, 0.15) is 39.2 Å². The van der Waals surface area contributed by atoms with Gasteiger partial charge in [-0.3, -0.25) is 19.7 Å². The van der Waals surface area contributed by atoms with E-state index in [9.17, 15) is 19.7 Å². The van der Waals surface area contributed by atoms with Crippen LogP contribution in [0, 0.1) is 10.1 Å². The first kappa shape index (κ1) is 17.8. The number of nitrogens with zero attached hydrogens (tertiary/aromatic N) is 1. The lowest BCUT2D eigenvalue weighted by Crippen LogP contribution is -2.17. The molecule has 134 valence electrons. The fourth-order valence-corrected chi connectivity index (χ4v) is 4.28. The van der Waals surface area contributed by atoms with Crippen LogP contribution in [0.25, 0.3) is 6.08 Å². The van der Waals surface area contributed by atoms with E-state index in [0.717, 1.165) is 36.1 Å². The molecule has 1 heterocycles. The van der Waals surface area contributed by atoms with Gasteiger partial charge in [0.15, 0.2) is 0 Å². The number of rotatable bonds is 5. The van der Waals surface area contributed by atoms with E-state index in [0.29, 0.717) is 16.1 Å². The Morgan fingerprint density at radius 1 is 1.27 bits per heavy atom. The zero-order valence-electron chi connectivity index (χ0n) is 13.9. The highest BCUT2D eigenvalue weighted by atomic mass is 32.1. The molecule has 0 radical (unpaired) electrons. The number of nitrogens with one attached hydrogen (secondary N) is 1. The number of primary amides is 1. The van der Waals surface area contributed by atoms with E-state index in [1.54, 1.807) is 12.1 Å². The minimum Gasteiger partial charge on any atom is -0.365 e. The van der Waals surface area contributed by atoms with Gasteiger partial charge in [-0.1, -0.05) is 12.1 Å². The molecule has 0 saturated heterocycles. The van der Waals surface area contributed by atoms with E-state index in [1.807, 2.05) is 0 Å². The molecule has 1 aliphatic rings. The molecular weight excluding hydrogens is 354 g/mol. The van der Waals surface area contributed by atoms with Crippen LogP contribution in [0.4, 0.5) is 10.7 Å². The molecule has 0 fully saturated rings. The van der Waals surface area contributed by atoms with Gasteiger partial charge in [-0.15, -0.1) is 11.3 Å². The van der Waals surface area contributed by atoms with Crippen LogP contribution in [0.2, 0.25) is 0 Å². The van der Waals surface area contributed by atoms with Crippen molar-refractivity contribution in [3.05, 3.63) is 62.0 Å². The molecule has 3 N–H and O–H groups in total. The van der Waals surface area contributed by atoms with Crippen molar-refractivity contribution in [3.8, 4) is 0 Å². The number of nitrogens with two attached hydrogens (primary N) is 1. The molecule has 0 spiro atoms. The molecule has 2 aromatic rings. The quantitative estimate of drug-likeness (QED) is 0.476. The van der Waals surface area contributed by atoms with E-state index >= 15 is 0 Å². The van der Waals surface area contributed by atoms with E-state index < -0.39 is 16.7 Å². The summed E-state index contributed by atoms with van der Waals surface area (Å²) in [4.78, 5) is 35.4. The van der Waals surface area contributed by atoms with Crippen molar-refractivity contribution in [2.45, 2.75) is 25.7 Å². The molecule has 0 unspecified atom stereocenters. The first-order chi connectivity index (χ1) is 12.5. The Hall–Kier alpha value is -3.00. The molecule has 8 heteroatoms. The van der Waals surface area contributed by atoms with Gasteiger partial charge in [0.1, 0.15) is 5.00 Å². The number of benzene rings is 1. The standard InChI is InChI=1S/C18H17N3O4S/c19-17(23)16-13-6-1-2-7-14(13)26-18(16)20-15(22)9-8-11-4-3-5-12(10-11)21(24)25/h3-5,8-10H,1-2,6-7H2,(H2,19,23)(H,20,22). The van der Waals surface area contributed by atoms with Gasteiger partial charge in [-0.05, 0) is 42.9 Å². The Morgan fingerprint density at radius 2 is 2.04 bits per heavy atom. The number of hydrogen-bond donors (Lipinski definition) is 2. The largest absolute Gasteiger partial charge is 0.365 e. The first-order valence-corrected chi connectivity index (χ1v) is 8.95. The average molecular weight is 371 g/mol. The zero-order chi connectivity index (χ0) is 18.7. The maximum atomic E-state index is 12.2. The first-order valence-electron chi connectivity index (χ1n) is 8.13. The molecule has 1 aromatic carbocycles. The number of carbonyl (C=O) groups excluding carboxylic acids is 2. The number of carbonyl (C=O) groups is 2. The van der Waals surface area contributed by atoms with Gasteiger partial charge in [0, 0.05) is 23.1 Å². The van der Waals surface area contributed by atoms with E-state index in [1.165, 1.54) is 35.6 Å². The van der Waals surface area contributed by atoms with Crippen LogP contribution in [0.5, 0.6) is 0 Å². The Kier molecular flexibility index (Phi) is 5.13. The van der Waals surface area contributed by atoms with Crippen molar-refractivity contribution < 1.29 is 14.5 Å². The van der Waals surface area contributed by atoms with Crippen molar-refractivity contribution in [2.24, 2.45) is 5.73 Å². The van der Waals surface area contributed by atoms with Crippen LogP contribution in [-0.4, -0.2) is 16.7 Å². The second kappa shape index (κ2) is 7.49. The fourth-order valence-electron chi connectivity index (χ4n) is 2.98. The predicted molar refractivity (Wildman–Crippen MR) is 100 cm³/mol. The number of hydrogen-bond acceptors (Lipinski definition) is 5. The smallest absolute Gasteiger partial charge is 0.270 e. The third-order valence-corrected chi connectivity index (χ3v) is 5.37. The minimum atomic E-state index is -0.539. The number of amides is 2. The van der Waals surface area contributed by atoms with Crippen molar-refractivity contribution in [3.63, 3.8) is 0 Å². The monoisotopic (exact) mass is 371 g/mol. The number of aryl methyl sites for hydroxylation is 1. The van der Waals surface area contributed by atoms with E-state index in [-0.39, 0.29) is 5.69 Å². The summed E-state index contributed by atoms with van der Waals surface area (Å²) in [5.74, 6) is -0.958. The molecule has 7 nitrogen and oxygen atoms in total. The van der Waals surface area contributed by atoms with Crippen LogP contribution in [0.3, 0.4) is 0 Å². The summed E-state index contributed by atoms with van der Waals surface area (Å²) in [6, 6.07) is 5.97. The van der Waals surface area contributed by atoms with Crippen molar-refractivity contribution in [1.29, 1.82) is 0 Å². The second-order valence-corrected chi connectivity index (χ2v) is 7.06. The number of nitro benzene ring substituents is 1. The van der Waals surface area contributed by atoms with Gasteiger partial charge >= 0.3 is 0 Å². The highest BCUT2D eigenvalue weighted by Crippen LogP contribution is 2.37. The summed E-state index contributed by atoms with van der Waals surface area (Å²) < 4.78 is 0. The lowest BCUT2D eigenvalue weighted by atomic mass is 9.95. The van der Waals surface area contributed by atoms with Crippen LogP contribution < -0.4 is 11.1 Å². The van der Waals surface area contributed by atoms with E-state index in [2.05, 4.69) is 5.32 Å². The number of fused-ring (bicyclic) bond motifs is 1. The van der Waals surface area contributed by atoms with Crippen molar-refractivity contribution in [1.82, 2.24) is 0 Å². The Labute approximate surface area is 153 Å². The number of anilines is 1. The lowest BCUT2D eigenvalue weighted by molar-refractivity contribution is -0.384. The molecule has 1 aromatic heterocycles.